The summed E-state index contributed by atoms with van der Waals surface area (Å²) >= 11 is 6.10. The van der Waals surface area contributed by atoms with E-state index < -0.39 is 5.60 Å². The second-order valence-corrected chi connectivity index (χ2v) is 7.90. The Kier molecular flexibility index (Phi) is 3.80. The largest absolute Gasteiger partial charge is 0.444 e. The van der Waals surface area contributed by atoms with Crippen LogP contribution >= 0.6 is 11.6 Å². The highest BCUT2D eigenvalue weighted by atomic mass is 35.5. The number of halogens is 1. The van der Waals surface area contributed by atoms with E-state index >= 15 is 0 Å². The lowest BCUT2D eigenvalue weighted by Crippen LogP contribution is -2.42. The summed E-state index contributed by atoms with van der Waals surface area (Å²) in [6.45, 7) is 6.08. The van der Waals surface area contributed by atoms with E-state index in [2.05, 4.69) is 6.07 Å². The van der Waals surface area contributed by atoms with Crippen molar-refractivity contribution < 1.29 is 9.53 Å². The maximum absolute atomic E-state index is 12.6. The Morgan fingerprint density at radius 1 is 1.43 bits per heavy atom. The Hall–Kier alpha value is -1.73. The zero-order valence-electron chi connectivity index (χ0n) is 13.7. The third-order valence-electron chi connectivity index (χ3n) is 4.69. The quantitative estimate of drug-likeness (QED) is 0.768. The van der Waals surface area contributed by atoms with Crippen LogP contribution in [0.3, 0.4) is 0 Å². The normalized spacial score (nSPS) is 25.3. The number of carbonyl (C=O) groups excluding carboxylic acids is 1. The molecule has 4 nitrogen and oxygen atoms in total. The summed E-state index contributed by atoms with van der Waals surface area (Å²) in [5.74, 6) is -0.234. The minimum absolute atomic E-state index is 0.0197. The Bertz CT molecular complexity index is 670. The highest BCUT2D eigenvalue weighted by molar-refractivity contribution is 6.30. The molecule has 1 aromatic carbocycles. The Labute approximate surface area is 142 Å². The minimum atomic E-state index is -0.538. The second-order valence-electron chi connectivity index (χ2n) is 7.46. The maximum Gasteiger partial charge on any atom is 0.410 e. The molecule has 0 aromatic heterocycles. The number of nitrogens with zero attached hydrogens (tertiary/aromatic N) is 2. The van der Waals surface area contributed by atoms with E-state index in [9.17, 15) is 10.1 Å². The van der Waals surface area contributed by atoms with Gasteiger partial charge in [-0.1, -0.05) is 23.7 Å². The summed E-state index contributed by atoms with van der Waals surface area (Å²) in [5.41, 5.74) is 0.120. The number of benzene rings is 1. The van der Waals surface area contributed by atoms with Gasteiger partial charge < -0.3 is 9.64 Å². The molecule has 5 heteroatoms. The van der Waals surface area contributed by atoms with Crippen LogP contribution < -0.4 is 0 Å². The standard InChI is InChI=1S/C18H21ClN2O2/c1-17(2,3)23-16(22)21-11-14(12-5-4-6-13(19)9-12)15(10-20)18(21)7-8-18/h4-6,9,14-15H,7-8,11H2,1-3H3/t14-,15+/m0/s1. The maximum atomic E-state index is 12.6. The van der Waals surface area contributed by atoms with Crippen LogP contribution in [0.5, 0.6) is 0 Å². The molecule has 0 N–H and O–H groups in total. The fourth-order valence-corrected chi connectivity index (χ4v) is 3.75. The van der Waals surface area contributed by atoms with Crippen LogP contribution in [0.4, 0.5) is 4.79 Å². The first-order valence-corrected chi connectivity index (χ1v) is 8.30. The molecule has 2 fully saturated rings. The molecule has 1 saturated heterocycles. The van der Waals surface area contributed by atoms with E-state index in [1.807, 2.05) is 45.0 Å². The first kappa shape index (κ1) is 16.1. The molecule has 122 valence electrons. The monoisotopic (exact) mass is 332 g/mol. The van der Waals surface area contributed by atoms with E-state index in [-0.39, 0.29) is 23.5 Å². The van der Waals surface area contributed by atoms with Crippen LogP contribution in [0.15, 0.2) is 24.3 Å². The SMILES string of the molecule is CC(C)(C)OC(=O)N1C[C@@H](c2cccc(Cl)c2)[C@@H](C#N)C12CC2. The van der Waals surface area contributed by atoms with Crippen molar-refractivity contribution in [3.05, 3.63) is 34.9 Å². The van der Waals surface area contributed by atoms with Gasteiger partial charge in [0.15, 0.2) is 0 Å². The van der Waals surface area contributed by atoms with E-state index in [0.717, 1.165) is 18.4 Å². The van der Waals surface area contributed by atoms with Crippen molar-refractivity contribution >= 4 is 17.7 Å². The van der Waals surface area contributed by atoms with Crippen LogP contribution in [0.2, 0.25) is 5.02 Å². The van der Waals surface area contributed by atoms with E-state index in [0.29, 0.717) is 11.6 Å². The Morgan fingerprint density at radius 2 is 2.13 bits per heavy atom. The lowest BCUT2D eigenvalue weighted by Gasteiger charge is -2.29. The number of carbonyl (C=O) groups is 1. The molecule has 1 spiro atoms. The molecule has 0 radical (unpaired) electrons. The van der Waals surface area contributed by atoms with Crippen LogP contribution in [-0.2, 0) is 4.74 Å². The molecule has 3 rings (SSSR count). The van der Waals surface area contributed by atoms with Crippen LogP contribution in [0, 0.1) is 17.2 Å². The summed E-state index contributed by atoms with van der Waals surface area (Å²) in [4.78, 5) is 14.4. The van der Waals surface area contributed by atoms with Crippen molar-refractivity contribution in [2.75, 3.05) is 6.54 Å². The Morgan fingerprint density at radius 3 is 2.65 bits per heavy atom. The van der Waals surface area contributed by atoms with Gasteiger partial charge in [-0.05, 0) is 51.3 Å². The molecule has 1 heterocycles. The predicted octanol–water partition coefficient (Wildman–Crippen LogP) is 4.35. The minimum Gasteiger partial charge on any atom is -0.444 e. The number of nitriles is 1. The number of likely N-dealkylation sites (tertiary alicyclic amines) is 1. The van der Waals surface area contributed by atoms with Crippen LogP contribution in [0.25, 0.3) is 0 Å². The third kappa shape index (κ3) is 2.90. The molecule has 1 aromatic rings. The topological polar surface area (TPSA) is 53.3 Å². The molecular weight excluding hydrogens is 312 g/mol. The van der Waals surface area contributed by atoms with Crippen molar-refractivity contribution in [1.29, 1.82) is 5.26 Å². The smallest absolute Gasteiger partial charge is 0.410 e. The van der Waals surface area contributed by atoms with Crippen molar-refractivity contribution in [1.82, 2.24) is 4.90 Å². The third-order valence-corrected chi connectivity index (χ3v) is 4.93. The van der Waals surface area contributed by atoms with Gasteiger partial charge in [0.1, 0.15) is 5.60 Å². The second kappa shape index (κ2) is 5.42. The molecule has 0 unspecified atom stereocenters. The molecule has 1 aliphatic carbocycles. The molecule has 1 saturated carbocycles. The predicted molar refractivity (Wildman–Crippen MR) is 88.2 cm³/mol. The van der Waals surface area contributed by atoms with Crippen molar-refractivity contribution in [2.24, 2.45) is 5.92 Å². The van der Waals surface area contributed by atoms with E-state index in [1.54, 1.807) is 4.90 Å². The number of hydrogen-bond donors (Lipinski definition) is 0. The summed E-state index contributed by atoms with van der Waals surface area (Å²) in [7, 11) is 0. The molecule has 1 amide bonds. The fourth-order valence-electron chi connectivity index (χ4n) is 3.55. The fraction of sp³-hybridized carbons (Fsp3) is 0.556. The first-order chi connectivity index (χ1) is 10.8. The van der Waals surface area contributed by atoms with Gasteiger partial charge in [-0.3, -0.25) is 0 Å². The highest BCUT2D eigenvalue weighted by Crippen LogP contribution is 2.58. The first-order valence-electron chi connectivity index (χ1n) is 7.92. The van der Waals surface area contributed by atoms with Gasteiger partial charge in [0.25, 0.3) is 0 Å². The van der Waals surface area contributed by atoms with Gasteiger partial charge >= 0.3 is 6.09 Å². The number of hydrogen-bond acceptors (Lipinski definition) is 3. The van der Waals surface area contributed by atoms with Crippen molar-refractivity contribution in [3.8, 4) is 6.07 Å². The average Bonchev–Trinajstić information content (AvgIpc) is 3.13. The lowest BCUT2D eigenvalue weighted by atomic mass is 9.85. The van der Waals surface area contributed by atoms with Gasteiger partial charge in [0, 0.05) is 17.5 Å². The van der Waals surface area contributed by atoms with Crippen LogP contribution in [0.1, 0.15) is 45.1 Å². The molecule has 2 aliphatic rings. The number of rotatable bonds is 1. The summed E-state index contributed by atoms with van der Waals surface area (Å²) in [5, 5.41) is 10.4. The number of amides is 1. The van der Waals surface area contributed by atoms with Crippen molar-refractivity contribution in [2.45, 2.75) is 50.7 Å². The molecule has 2 atom stereocenters. The van der Waals surface area contributed by atoms with Crippen molar-refractivity contribution in [3.63, 3.8) is 0 Å². The van der Waals surface area contributed by atoms with Crippen LogP contribution in [-0.4, -0.2) is 28.7 Å². The summed E-state index contributed by atoms with van der Waals surface area (Å²) < 4.78 is 5.55. The van der Waals surface area contributed by atoms with E-state index in [4.69, 9.17) is 16.3 Å². The molecule has 0 bridgehead atoms. The van der Waals surface area contributed by atoms with Gasteiger partial charge in [-0.15, -0.1) is 0 Å². The zero-order valence-corrected chi connectivity index (χ0v) is 14.4. The van der Waals surface area contributed by atoms with Gasteiger partial charge in [0.05, 0.1) is 17.5 Å². The van der Waals surface area contributed by atoms with Gasteiger partial charge in [-0.2, -0.15) is 5.26 Å². The van der Waals surface area contributed by atoms with E-state index in [1.165, 1.54) is 0 Å². The zero-order chi connectivity index (χ0) is 16.8. The van der Waals surface area contributed by atoms with Gasteiger partial charge in [0.2, 0.25) is 0 Å². The average molecular weight is 333 g/mol. The molecule has 23 heavy (non-hydrogen) atoms. The highest BCUT2D eigenvalue weighted by Gasteiger charge is 2.64. The lowest BCUT2D eigenvalue weighted by molar-refractivity contribution is 0.0190. The number of ether oxygens (including phenoxy) is 1. The summed E-state index contributed by atoms with van der Waals surface area (Å²) in [6, 6.07) is 10.0. The molecule has 1 aliphatic heterocycles. The Balaban J connectivity index is 1.90. The van der Waals surface area contributed by atoms with Gasteiger partial charge in [-0.25, -0.2) is 4.79 Å². The molecular formula is C18H21ClN2O2. The summed E-state index contributed by atoms with van der Waals surface area (Å²) in [6.07, 6.45) is 1.41.